The molecule has 2 nitrogen and oxygen atoms in total. The standard InChI is InChI=1S/C17H19Br2NO/c1-3-20-16(13-8-14(18)11-15(19)9-13)10-12-6-4-5-7-17(12)21-2/h4-9,11,16,20H,3,10H2,1-2H3. The number of likely N-dealkylation sites (N-methyl/N-ethyl adjacent to an activating group) is 1. The van der Waals surface area contributed by atoms with Crippen LogP contribution in [0.15, 0.2) is 51.4 Å². The van der Waals surface area contributed by atoms with Gasteiger partial charge in [-0.1, -0.05) is 57.0 Å². The predicted molar refractivity (Wildman–Crippen MR) is 95.0 cm³/mol. The van der Waals surface area contributed by atoms with Crippen molar-refractivity contribution in [1.82, 2.24) is 5.32 Å². The SMILES string of the molecule is CCNC(Cc1ccccc1OC)c1cc(Br)cc(Br)c1. The Morgan fingerprint density at radius 3 is 2.38 bits per heavy atom. The monoisotopic (exact) mass is 411 g/mol. The first-order valence-electron chi connectivity index (χ1n) is 6.95. The molecule has 0 spiro atoms. The Balaban J connectivity index is 2.30. The van der Waals surface area contributed by atoms with Gasteiger partial charge in [-0.3, -0.25) is 0 Å². The molecule has 2 rings (SSSR count). The number of nitrogens with one attached hydrogen (secondary N) is 1. The molecule has 0 aliphatic carbocycles. The molecule has 0 radical (unpaired) electrons. The number of benzene rings is 2. The molecule has 21 heavy (non-hydrogen) atoms. The second kappa shape index (κ2) is 7.97. The highest BCUT2D eigenvalue weighted by Gasteiger charge is 2.14. The van der Waals surface area contributed by atoms with Crippen molar-refractivity contribution < 1.29 is 4.74 Å². The number of methoxy groups -OCH3 is 1. The van der Waals surface area contributed by atoms with Gasteiger partial charge in [0.1, 0.15) is 5.75 Å². The average Bonchev–Trinajstić information content (AvgIpc) is 2.46. The summed E-state index contributed by atoms with van der Waals surface area (Å²) in [5, 5.41) is 3.56. The molecule has 112 valence electrons. The van der Waals surface area contributed by atoms with Crippen LogP contribution in [0.3, 0.4) is 0 Å². The van der Waals surface area contributed by atoms with Crippen LogP contribution in [0.4, 0.5) is 0 Å². The van der Waals surface area contributed by atoms with Crippen molar-refractivity contribution in [3.05, 3.63) is 62.5 Å². The van der Waals surface area contributed by atoms with E-state index in [-0.39, 0.29) is 6.04 Å². The minimum atomic E-state index is 0.250. The van der Waals surface area contributed by atoms with Crippen molar-refractivity contribution in [2.75, 3.05) is 13.7 Å². The fourth-order valence-corrected chi connectivity index (χ4v) is 3.75. The van der Waals surface area contributed by atoms with Gasteiger partial charge in [0.15, 0.2) is 0 Å². The highest BCUT2D eigenvalue weighted by atomic mass is 79.9. The number of rotatable bonds is 6. The number of hydrogen-bond donors (Lipinski definition) is 1. The van der Waals surface area contributed by atoms with E-state index in [0.29, 0.717) is 0 Å². The predicted octanol–water partition coefficient (Wildman–Crippen LogP) is 5.11. The van der Waals surface area contributed by atoms with Crippen LogP contribution in [0.2, 0.25) is 0 Å². The van der Waals surface area contributed by atoms with E-state index in [1.807, 2.05) is 12.1 Å². The van der Waals surface area contributed by atoms with E-state index < -0.39 is 0 Å². The first kappa shape index (κ1) is 16.5. The van der Waals surface area contributed by atoms with E-state index in [2.05, 4.69) is 74.4 Å². The summed E-state index contributed by atoms with van der Waals surface area (Å²) in [6, 6.07) is 14.8. The summed E-state index contributed by atoms with van der Waals surface area (Å²) in [6.45, 7) is 3.05. The molecule has 0 aliphatic rings. The Labute approximate surface area is 143 Å². The molecular weight excluding hydrogens is 394 g/mol. The van der Waals surface area contributed by atoms with Crippen LogP contribution in [0.1, 0.15) is 24.1 Å². The lowest BCUT2D eigenvalue weighted by Gasteiger charge is -2.20. The number of halogens is 2. The molecule has 0 saturated carbocycles. The van der Waals surface area contributed by atoms with Crippen molar-refractivity contribution in [3.63, 3.8) is 0 Å². The molecule has 0 fully saturated rings. The van der Waals surface area contributed by atoms with Crippen molar-refractivity contribution in [3.8, 4) is 5.75 Å². The van der Waals surface area contributed by atoms with Gasteiger partial charge in [0.05, 0.1) is 7.11 Å². The lowest BCUT2D eigenvalue weighted by molar-refractivity contribution is 0.405. The summed E-state index contributed by atoms with van der Waals surface area (Å²) >= 11 is 7.13. The van der Waals surface area contributed by atoms with Crippen LogP contribution in [0.5, 0.6) is 5.75 Å². The Morgan fingerprint density at radius 1 is 1.10 bits per heavy atom. The van der Waals surface area contributed by atoms with E-state index in [0.717, 1.165) is 27.7 Å². The highest BCUT2D eigenvalue weighted by Crippen LogP contribution is 2.28. The fraction of sp³-hybridized carbons (Fsp3) is 0.294. The van der Waals surface area contributed by atoms with Crippen molar-refractivity contribution in [2.24, 2.45) is 0 Å². The van der Waals surface area contributed by atoms with Crippen LogP contribution >= 0.6 is 31.9 Å². The van der Waals surface area contributed by atoms with Gasteiger partial charge < -0.3 is 10.1 Å². The average molecular weight is 413 g/mol. The molecule has 0 amide bonds. The van der Waals surface area contributed by atoms with Gasteiger partial charge in [-0.15, -0.1) is 0 Å². The number of hydrogen-bond acceptors (Lipinski definition) is 2. The molecule has 2 aromatic rings. The first-order chi connectivity index (χ1) is 10.1. The van der Waals surface area contributed by atoms with Crippen LogP contribution in [-0.2, 0) is 6.42 Å². The van der Waals surface area contributed by atoms with Gasteiger partial charge >= 0.3 is 0 Å². The maximum Gasteiger partial charge on any atom is 0.122 e. The van der Waals surface area contributed by atoms with Crippen molar-refractivity contribution >= 4 is 31.9 Å². The third-order valence-electron chi connectivity index (χ3n) is 3.35. The second-order valence-corrected chi connectivity index (χ2v) is 6.66. The summed E-state index contributed by atoms with van der Waals surface area (Å²) in [4.78, 5) is 0. The zero-order valence-electron chi connectivity index (χ0n) is 12.2. The summed E-state index contributed by atoms with van der Waals surface area (Å²) in [7, 11) is 1.72. The summed E-state index contributed by atoms with van der Waals surface area (Å²) in [6.07, 6.45) is 0.890. The Bertz CT molecular complexity index is 581. The topological polar surface area (TPSA) is 21.3 Å². The van der Waals surface area contributed by atoms with E-state index in [4.69, 9.17) is 4.74 Å². The van der Waals surface area contributed by atoms with Crippen LogP contribution in [0, 0.1) is 0 Å². The third-order valence-corrected chi connectivity index (χ3v) is 4.27. The van der Waals surface area contributed by atoms with Crippen LogP contribution in [0.25, 0.3) is 0 Å². The molecule has 0 saturated heterocycles. The van der Waals surface area contributed by atoms with Gasteiger partial charge in [0, 0.05) is 15.0 Å². The van der Waals surface area contributed by atoms with E-state index in [1.54, 1.807) is 7.11 Å². The van der Waals surface area contributed by atoms with E-state index in [1.165, 1.54) is 11.1 Å². The normalized spacial score (nSPS) is 12.2. The van der Waals surface area contributed by atoms with Gasteiger partial charge in [0.2, 0.25) is 0 Å². The van der Waals surface area contributed by atoms with Crippen LogP contribution in [-0.4, -0.2) is 13.7 Å². The van der Waals surface area contributed by atoms with E-state index in [9.17, 15) is 0 Å². The lowest BCUT2D eigenvalue weighted by Crippen LogP contribution is -2.23. The molecule has 1 N–H and O–H groups in total. The molecule has 0 heterocycles. The second-order valence-electron chi connectivity index (χ2n) is 4.83. The lowest BCUT2D eigenvalue weighted by atomic mass is 9.98. The highest BCUT2D eigenvalue weighted by molar-refractivity contribution is 9.11. The van der Waals surface area contributed by atoms with Crippen molar-refractivity contribution in [1.29, 1.82) is 0 Å². The van der Waals surface area contributed by atoms with Crippen LogP contribution < -0.4 is 10.1 Å². The maximum atomic E-state index is 5.46. The molecule has 0 aromatic heterocycles. The zero-order valence-corrected chi connectivity index (χ0v) is 15.4. The summed E-state index contributed by atoms with van der Waals surface area (Å²) in [5.74, 6) is 0.939. The Kier molecular flexibility index (Phi) is 6.27. The third kappa shape index (κ3) is 4.56. The first-order valence-corrected chi connectivity index (χ1v) is 8.54. The minimum absolute atomic E-state index is 0.250. The quantitative estimate of drug-likeness (QED) is 0.711. The number of ether oxygens (including phenoxy) is 1. The molecule has 0 aliphatic heterocycles. The van der Waals surface area contributed by atoms with Gasteiger partial charge in [-0.25, -0.2) is 0 Å². The Morgan fingerprint density at radius 2 is 1.76 bits per heavy atom. The summed E-state index contributed by atoms with van der Waals surface area (Å²) in [5.41, 5.74) is 2.46. The van der Waals surface area contributed by atoms with Gasteiger partial charge in [-0.05, 0) is 48.4 Å². The fourth-order valence-electron chi connectivity index (χ4n) is 2.42. The van der Waals surface area contributed by atoms with Gasteiger partial charge in [0.25, 0.3) is 0 Å². The summed E-state index contributed by atoms with van der Waals surface area (Å²) < 4.78 is 7.62. The molecule has 1 atom stereocenters. The molecule has 1 unspecified atom stereocenters. The number of para-hydroxylation sites is 1. The molecular formula is C17H19Br2NO. The maximum absolute atomic E-state index is 5.46. The van der Waals surface area contributed by atoms with E-state index >= 15 is 0 Å². The van der Waals surface area contributed by atoms with Gasteiger partial charge in [-0.2, -0.15) is 0 Å². The molecule has 4 heteroatoms. The Hall–Kier alpha value is -0.840. The van der Waals surface area contributed by atoms with Crippen molar-refractivity contribution in [2.45, 2.75) is 19.4 Å². The minimum Gasteiger partial charge on any atom is -0.496 e. The largest absolute Gasteiger partial charge is 0.496 e. The zero-order chi connectivity index (χ0) is 15.2. The molecule has 2 aromatic carbocycles. The molecule has 0 bridgehead atoms. The smallest absolute Gasteiger partial charge is 0.122 e.